The molecule has 0 radical (unpaired) electrons. The van der Waals surface area contributed by atoms with Gasteiger partial charge in [0.15, 0.2) is 0 Å². The molecule has 0 bridgehead atoms. The molecule has 0 saturated heterocycles. The van der Waals surface area contributed by atoms with Crippen LogP contribution in [0.15, 0.2) is 35.7 Å². The molecule has 23 heavy (non-hydrogen) atoms. The number of thiophene rings is 1. The Morgan fingerprint density at radius 3 is 2.70 bits per heavy atom. The normalized spacial score (nSPS) is 14.5. The zero-order valence-corrected chi connectivity index (χ0v) is 14.9. The lowest BCUT2D eigenvalue weighted by Gasteiger charge is -2.22. The fourth-order valence-corrected chi connectivity index (χ4v) is 3.88. The summed E-state index contributed by atoms with van der Waals surface area (Å²) in [5.41, 5.74) is 4.11. The minimum Gasteiger partial charge on any atom is -0.343 e. The average molecular weight is 351 g/mol. The number of carbonyl (C=O) groups is 1. The van der Waals surface area contributed by atoms with Crippen LogP contribution in [0.25, 0.3) is 0 Å². The van der Waals surface area contributed by atoms with E-state index in [0.717, 1.165) is 6.42 Å². The molecule has 5 heteroatoms. The molecule has 1 atom stereocenters. The molecule has 0 saturated carbocycles. The first-order valence-electron chi connectivity index (χ1n) is 7.87. The van der Waals surface area contributed by atoms with Gasteiger partial charge in [0, 0.05) is 4.88 Å². The highest BCUT2D eigenvalue weighted by Crippen LogP contribution is 2.30. The van der Waals surface area contributed by atoms with Crippen molar-refractivity contribution in [2.75, 3.05) is 13.6 Å². The van der Waals surface area contributed by atoms with E-state index in [-0.39, 0.29) is 24.4 Å². The molecule has 3 nitrogen and oxygen atoms in total. The maximum atomic E-state index is 12.0. The Hall–Kier alpha value is -1.36. The second-order valence-electron chi connectivity index (χ2n) is 5.78. The van der Waals surface area contributed by atoms with E-state index in [1.807, 2.05) is 6.07 Å². The minimum atomic E-state index is -0.0481. The lowest BCUT2D eigenvalue weighted by molar-refractivity contribution is -0.120. The van der Waals surface area contributed by atoms with Gasteiger partial charge in [-0.05, 0) is 60.9 Å². The third kappa shape index (κ3) is 4.34. The zero-order valence-electron chi connectivity index (χ0n) is 13.3. The van der Waals surface area contributed by atoms with Crippen molar-refractivity contribution in [3.8, 4) is 0 Å². The molecule has 1 aromatic heterocycles. The molecule has 0 fully saturated rings. The van der Waals surface area contributed by atoms with Gasteiger partial charge in [-0.2, -0.15) is 0 Å². The number of rotatable bonds is 5. The van der Waals surface area contributed by atoms with Gasteiger partial charge in [-0.15, -0.1) is 23.7 Å². The minimum absolute atomic E-state index is 0. The highest BCUT2D eigenvalue weighted by atomic mass is 35.5. The van der Waals surface area contributed by atoms with E-state index >= 15 is 0 Å². The maximum absolute atomic E-state index is 12.0. The number of halogens is 1. The maximum Gasteiger partial charge on any atom is 0.234 e. The zero-order chi connectivity index (χ0) is 15.4. The second-order valence-corrected chi connectivity index (χ2v) is 6.76. The Morgan fingerprint density at radius 1 is 1.22 bits per heavy atom. The summed E-state index contributed by atoms with van der Waals surface area (Å²) in [6, 6.07) is 10.8. The van der Waals surface area contributed by atoms with Gasteiger partial charge in [-0.25, -0.2) is 0 Å². The number of benzene rings is 1. The summed E-state index contributed by atoms with van der Waals surface area (Å²) in [4.78, 5) is 13.2. The predicted molar refractivity (Wildman–Crippen MR) is 98.6 cm³/mol. The van der Waals surface area contributed by atoms with Gasteiger partial charge in [-0.1, -0.05) is 24.3 Å². The summed E-state index contributed by atoms with van der Waals surface area (Å²) >= 11 is 1.69. The van der Waals surface area contributed by atoms with Gasteiger partial charge in [0.2, 0.25) is 5.91 Å². The molecule has 1 unspecified atom stereocenters. The van der Waals surface area contributed by atoms with Crippen LogP contribution in [0.4, 0.5) is 0 Å². The number of carbonyl (C=O) groups excluding carboxylic acids is 1. The second kappa shape index (κ2) is 8.48. The molecule has 0 aliphatic heterocycles. The van der Waals surface area contributed by atoms with Crippen molar-refractivity contribution in [3.63, 3.8) is 0 Å². The lowest BCUT2D eigenvalue weighted by atomic mass is 9.89. The smallest absolute Gasteiger partial charge is 0.234 e. The largest absolute Gasteiger partial charge is 0.343 e. The third-order valence-corrected chi connectivity index (χ3v) is 5.11. The van der Waals surface area contributed by atoms with E-state index < -0.39 is 0 Å². The Labute approximate surface area is 147 Å². The molecule has 2 N–H and O–H groups in total. The Morgan fingerprint density at radius 2 is 2.00 bits per heavy atom. The first-order valence-corrected chi connectivity index (χ1v) is 8.75. The van der Waals surface area contributed by atoms with Crippen molar-refractivity contribution in [2.24, 2.45) is 0 Å². The van der Waals surface area contributed by atoms with Crippen LogP contribution in [-0.4, -0.2) is 19.5 Å². The van der Waals surface area contributed by atoms with Crippen molar-refractivity contribution in [2.45, 2.75) is 31.7 Å². The van der Waals surface area contributed by atoms with Crippen LogP contribution in [-0.2, 0) is 17.6 Å². The summed E-state index contributed by atoms with van der Waals surface area (Å²) in [7, 11) is 1.79. The van der Waals surface area contributed by atoms with Gasteiger partial charge >= 0.3 is 0 Å². The van der Waals surface area contributed by atoms with Gasteiger partial charge in [0.25, 0.3) is 0 Å². The van der Waals surface area contributed by atoms with E-state index in [1.54, 1.807) is 18.4 Å². The Bertz CT molecular complexity index is 642. The fraction of sp³-hybridized carbons (Fsp3) is 0.389. The van der Waals surface area contributed by atoms with Crippen LogP contribution in [0.1, 0.15) is 40.5 Å². The van der Waals surface area contributed by atoms with Gasteiger partial charge < -0.3 is 10.6 Å². The van der Waals surface area contributed by atoms with Crippen LogP contribution in [0.5, 0.6) is 0 Å². The van der Waals surface area contributed by atoms with E-state index in [0.29, 0.717) is 6.54 Å². The van der Waals surface area contributed by atoms with E-state index in [1.165, 1.54) is 40.8 Å². The summed E-state index contributed by atoms with van der Waals surface area (Å²) in [6.07, 6.45) is 4.90. The molecule has 1 heterocycles. The monoisotopic (exact) mass is 350 g/mol. The lowest BCUT2D eigenvalue weighted by Crippen LogP contribution is -2.35. The highest BCUT2D eigenvalue weighted by Gasteiger charge is 2.19. The van der Waals surface area contributed by atoms with Gasteiger partial charge in [0.1, 0.15) is 0 Å². The molecule has 1 aliphatic rings. The summed E-state index contributed by atoms with van der Waals surface area (Å²) in [5.74, 6) is 0.0265. The Kier molecular flexibility index (Phi) is 6.63. The van der Waals surface area contributed by atoms with E-state index in [2.05, 4.69) is 40.3 Å². The Balaban J connectivity index is 0.00000192. The number of likely N-dealkylation sites (N-methyl/N-ethyl adjacent to an activating group) is 1. The van der Waals surface area contributed by atoms with Crippen molar-refractivity contribution in [1.29, 1.82) is 0 Å². The van der Waals surface area contributed by atoms with Crippen molar-refractivity contribution < 1.29 is 4.79 Å². The molecule has 1 aromatic carbocycles. The van der Waals surface area contributed by atoms with Crippen molar-refractivity contribution in [1.82, 2.24) is 10.6 Å². The molecule has 124 valence electrons. The predicted octanol–water partition coefficient (Wildman–Crippen LogP) is 3.47. The van der Waals surface area contributed by atoms with E-state index in [9.17, 15) is 4.79 Å². The van der Waals surface area contributed by atoms with Crippen LogP contribution < -0.4 is 10.6 Å². The molecule has 1 amide bonds. The van der Waals surface area contributed by atoms with Crippen LogP contribution in [0.2, 0.25) is 0 Å². The fourth-order valence-electron chi connectivity index (χ4n) is 3.08. The van der Waals surface area contributed by atoms with Gasteiger partial charge in [-0.3, -0.25) is 4.79 Å². The topological polar surface area (TPSA) is 41.1 Å². The standard InChI is InChI=1S/C18H22N2OS.ClH/c1-19-12-17(21)20-18(16-7-4-10-22-16)15-9-8-13-5-2-3-6-14(13)11-15;/h4,7-11,18-19H,2-3,5-6,12H2,1H3,(H,20,21);1H. The molecular weight excluding hydrogens is 328 g/mol. The molecule has 2 aromatic rings. The van der Waals surface area contributed by atoms with Crippen LogP contribution in [0, 0.1) is 0 Å². The molecule has 1 aliphatic carbocycles. The van der Waals surface area contributed by atoms with Crippen molar-refractivity contribution >= 4 is 29.7 Å². The quantitative estimate of drug-likeness (QED) is 0.866. The third-order valence-electron chi connectivity index (χ3n) is 4.18. The van der Waals surface area contributed by atoms with Crippen LogP contribution in [0.3, 0.4) is 0 Å². The van der Waals surface area contributed by atoms with Crippen LogP contribution >= 0.6 is 23.7 Å². The number of hydrogen-bond donors (Lipinski definition) is 2. The summed E-state index contributed by atoms with van der Waals surface area (Å²) in [6.45, 7) is 0.340. The highest BCUT2D eigenvalue weighted by molar-refractivity contribution is 7.10. The van der Waals surface area contributed by atoms with Crippen molar-refractivity contribution in [3.05, 3.63) is 57.3 Å². The number of nitrogens with one attached hydrogen (secondary N) is 2. The number of fused-ring (bicyclic) bond motifs is 1. The first kappa shape index (κ1) is 18.0. The molecular formula is C18H23ClN2OS. The number of hydrogen-bond acceptors (Lipinski definition) is 3. The molecule has 3 rings (SSSR count). The summed E-state index contributed by atoms with van der Waals surface area (Å²) in [5, 5.41) is 8.12. The average Bonchev–Trinajstić information content (AvgIpc) is 3.06. The number of aryl methyl sites for hydroxylation is 2. The SMILES string of the molecule is CNCC(=O)NC(c1ccc2c(c1)CCCC2)c1cccs1.Cl. The number of amides is 1. The summed E-state index contributed by atoms with van der Waals surface area (Å²) < 4.78 is 0. The first-order chi connectivity index (χ1) is 10.8. The molecule has 0 spiro atoms. The van der Waals surface area contributed by atoms with E-state index in [4.69, 9.17) is 0 Å². The van der Waals surface area contributed by atoms with Gasteiger partial charge in [0.05, 0.1) is 12.6 Å².